The number of hydrogen-bond acceptors (Lipinski definition) is 4. The Kier molecular flexibility index (Phi) is 7.31. The zero-order valence-electron chi connectivity index (χ0n) is 16.6. The van der Waals surface area contributed by atoms with Gasteiger partial charge in [-0.3, -0.25) is 14.6 Å². The van der Waals surface area contributed by atoms with Gasteiger partial charge in [-0.15, -0.1) is 0 Å². The summed E-state index contributed by atoms with van der Waals surface area (Å²) in [5, 5.41) is 0.769. The predicted octanol–water partition coefficient (Wildman–Crippen LogP) is 3.12. The van der Waals surface area contributed by atoms with Crippen molar-refractivity contribution < 1.29 is 9.53 Å². The van der Waals surface area contributed by atoms with Crippen molar-refractivity contribution >= 4 is 17.5 Å². The van der Waals surface area contributed by atoms with E-state index in [-0.39, 0.29) is 5.91 Å². The van der Waals surface area contributed by atoms with Crippen LogP contribution < -0.4 is 4.74 Å². The van der Waals surface area contributed by atoms with Crippen molar-refractivity contribution in [3.8, 4) is 5.75 Å². The van der Waals surface area contributed by atoms with Gasteiger partial charge < -0.3 is 9.64 Å². The summed E-state index contributed by atoms with van der Waals surface area (Å²) in [6, 6.07) is 15.9. The molecule has 0 spiro atoms. The number of benzene rings is 2. The lowest BCUT2D eigenvalue weighted by molar-refractivity contribution is -0.132. The standard InChI is InChI=1S/C22H28ClN3O2/c1-24(15-19-4-3-5-21(14-19)28-2)22(27)17-26-12-10-25(11-13-26)16-18-6-8-20(23)9-7-18/h3-9,14H,10-13,15-17H2,1-2H3. The minimum Gasteiger partial charge on any atom is -0.497 e. The van der Waals surface area contributed by atoms with Gasteiger partial charge >= 0.3 is 0 Å². The van der Waals surface area contributed by atoms with Crippen LogP contribution in [0, 0.1) is 0 Å². The summed E-state index contributed by atoms with van der Waals surface area (Å²) < 4.78 is 5.25. The fraction of sp³-hybridized carbons (Fsp3) is 0.409. The molecule has 0 atom stereocenters. The van der Waals surface area contributed by atoms with Crippen LogP contribution in [-0.4, -0.2) is 67.5 Å². The van der Waals surface area contributed by atoms with Gasteiger partial charge in [0.2, 0.25) is 5.91 Å². The van der Waals surface area contributed by atoms with Crippen LogP contribution in [0.15, 0.2) is 48.5 Å². The number of carbonyl (C=O) groups excluding carboxylic acids is 1. The number of halogens is 1. The van der Waals surface area contributed by atoms with E-state index in [9.17, 15) is 4.79 Å². The molecule has 2 aromatic rings. The van der Waals surface area contributed by atoms with Crippen molar-refractivity contribution in [3.63, 3.8) is 0 Å². The third kappa shape index (κ3) is 5.96. The number of hydrogen-bond donors (Lipinski definition) is 0. The van der Waals surface area contributed by atoms with E-state index in [1.54, 1.807) is 12.0 Å². The van der Waals surface area contributed by atoms with Crippen molar-refractivity contribution in [2.24, 2.45) is 0 Å². The van der Waals surface area contributed by atoms with Crippen LogP contribution in [0.1, 0.15) is 11.1 Å². The first-order chi connectivity index (χ1) is 13.5. The summed E-state index contributed by atoms with van der Waals surface area (Å²) in [4.78, 5) is 19.0. The van der Waals surface area contributed by atoms with Crippen LogP contribution in [0.25, 0.3) is 0 Å². The van der Waals surface area contributed by atoms with E-state index in [4.69, 9.17) is 16.3 Å². The Balaban J connectivity index is 1.43. The van der Waals surface area contributed by atoms with Gasteiger partial charge in [0.1, 0.15) is 5.75 Å². The first-order valence-electron chi connectivity index (χ1n) is 9.59. The molecule has 150 valence electrons. The van der Waals surface area contributed by atoms with Gasteiger partial charge in [0.15, 0.2) is 0 Å². The Morgan fingerprint density at radius 3 is 2.39 bits per heavy atom. The van der Waals surface area contributed by atoms with E-state index in [1.165, 1.54) is 5.56 Å². The van der Waals surface area contributed by atoms with Gasteiger partial charge in [-0.1, -0.05) is 35.9 Å². The summed E-state index contributed by atoms with van der Waals surface area (Å²) in [5.74, 6) is 0.962. The number of likely N-dealkylation sites (N-methyl/N-ethyl adjacent to an activating group) is 1. The molecule has 28 heavy (non-hydrogen) atoms. The van der Waals surface area contributed by atoms with Crippen LogP contribution in [0.3, 0.4) is 0 Å². The molecule has 0 radical (unpaired) electrons. The molecule has 1 aliphatic rings. The topological polar surface area (TPSA) is 36.0 Å². The molecular formula is C22H28ClN3O2. The zero-order valence-corrected chi connectivity index (χ0v) is 17.4. The van der Waals surface area contributed by atoms with Crippen molar-refractivity contribution in [2.45, 2.75) is 13.1 Å². The summed E-state index contributed by atoms with van der Waals surface area (Å²) in [5.41, 5.74) is 2.34. The molecule has 1 fully saturated rings. The summed E-state index contributed by atoms with van der Waals surface area (Å²) in [6.45, 7) is 5.74. The Hall–Kier alpha value is -2.08. The third-order valence-electron chi connectivity index (χ3n) is 5.12. The van der Waals surface area contributed by atoms with Crippen molar-refractivity contribution in [1.29, 1.82) is 0 Å². The number of amides is 1. The molecular weight excluding hydrogens is 374 g/mol. The highest BCUT2D eigenvalue weighted by atomic mass is 35.5. The lowest BCUT2D eigenvalue weighted by Crippen LogP contribution is -2.49. The van der Waals surface area contributed by atoms with Crippen LogP contribution in [-0.2, 0) is 17.9 Å². The third-order valence-corrected chi connectivity index (χ3v) is 5.37. The second kappa shape index (κ2) is 9.92. The largest absolute Gasteiger partial charge is 0.497 e. The number of piperazine rings is 1. The van der Waals surface area contributed by atoms with E-state index in [0.717, 1.165) is 49.1 Å². The second-order valence-corrected chi connectivity index (χ2v) is 7.72. The lowest BCUT2D eigenvalue weighted by Gasteiger charge is -2.35. The van der Waals surface area contributed by atoms with Crippen molar-refractivity contribution in [3.05, 3.63) is 64.7 Å². The maximum atomic E-state index is 12.6. The maximum Gasteiger partial charge on any atom is 0.236 e. The molecule has 1 amide bonds. The molecule has 1 saturated heterocycles. The molecule has 0 bridgehead atoms. The van der Waals surface area contributed by atoms with E-state index >= 15 is 0 Å². The highest BCUT2D eigenvalue weighted by molar-refractivity contribution is 6.30. The van der Waals surface area contributed by atoms with Crippen LogP contribution in [0.5, 0.6) is 5.75 Å². The summed E-state index contributed by atoms with van der Waals surface area (Å²) in [6.07, 6.45) is 0. The quantitative estimate of drug-likeness (QED) is 0.714. The predicted molar refractivity (Wildman–Crippen MR) is 113 cm³/mol. The zero-order chi connectivity index (χ0) is 19.9. The van der Waals surface area contributed by atoms with Gasteiger partial charge in [0, 0.05) is 51.3 Å². The fourth-order valence-electron chi connectivity index (χ4n) is 3.40. The monoisotopic (exact) mass is 401 g/mol. The highest BCUT2D eigenvalue weighted by Crippen LogP contribution is 2.15. The Morgan fingerprint density at radius 1 is 1.04 bits per heavy atom. The molecule has 6 heteroatoms. The molecule has 1 aliphatic heterocycles. The Bertz CT molecular complexity index is 774. The van der Waals surface area contributed by atoms with E-state index < -0.39 is 0 Å². The van der Waals surface area contributed by atoms with E-state index in [2.05, 4.69) is 21.9 Å². The number of nitrogens with zero attached hydrogens (tertiary/aromatic N) is 3. The number of ether oxygens (including phenoxy) is 1. The van der Waals surface area contributed by atoms with Gasteiger partial charge in [0.25, 0.3) is 0 Å². The first kappa shape index (κ1) is 20.6. The average Bonchev–Trinajstić information content (AvgIpc) is 2.71. The first-order valence-corrected chi connectivity index (χ1v) is 9.97. The lowest BCUT2D eigenvalue weighted by atomic mass is 10.2. The van der Waals surface area contributed by atoms with Gasteiger partial charge in [-0.2, -0.15) is 0 Å². The van der Waals surface area contributed by atoms with Gasteiger partial charge in [-0.05, 0) is 35.4 Å². The summed E-state index contributed by atoms with van der Waals surface area (Å²) >= 11 is 5.95. The molecule has 0 saturated carbocycles. The molecule has 0 aliphatic carbocycles. The SMILES string of the molecule is COc1cccc(CN(C)C(=O)CN2CCN(Cc3ccc(Cl)cc3)CC2)c1. The fourth-order valence-corrected chi connectivity index (χ4v) is 3.52. The maximum absolute atomic E-state index is 12.6. The molecule has 0 N–H and O–H groups in total. The van der Waals surface area contributed by atoms with Crippen LogP contribution in [0.4, 0.5) is 0 Å². The number of methoxy groups -OCH3 is 1. The smallest absolute Gasteiger partial charge is 0.236 e. The van der Waals surface area contributed by atoms with Crippen molar-refractivity contribution in [1.82, 2.24) is 14.7 Å². The molecule has 2 aromatic carbocycles. The minimum atomic E-state index is 0.147. The van der Waals surface area contributed by atoms with Gasteiger partial charge in [0.05, 0.1) is 13.7 Å². The Morgan fingerprint density at radius 2 is 1.71 bits per heavy atom. The molecule has 0 unspecified atom stereocenters. The number of carbonyl (C=O) groups is 1. The van der Waals surface area contributed by atoms with Crippen LogP contribution >= 0.6 is 11.6 Å². The van der Waals surface area contributed by atoms with Gasteiger partial charge in [-0.25, -0.2) is 0 Å². The second-order valence-electron chi connectivity index (χ2n) is 7.28. The summed E-state index contributed by atoms with van der Waals surface area (Å²) in [7, 11) is 3.51. The average molecular weight is 402 g/mol. The number of rotatable bonds is 7. The molecule has 1 heterocycles. The highest BCUT2D eigenvalue weighted by Gasteiger charge is 2.20. The van der Waals surface area contributed by atoms with Crippen molar-refractivity contribution in [2.75, 3.05) is 46.9 Å². The molecule has 5 nitrogen and oxygen atoms in total. The minimum absolute atomic E-state index is 0.147. The molecule has 3 rings (SSSR count). The Labute approximate surface area is 172 Å². The van der Waals surface area contributed by atoms with E-state index in [1.807, 2.05) is 43.4 Å². The van der Waals surface area contributed by atoms with Crippen LogP contribution in [0.2, 0.25) is 5.02 Å². The normalized spacial score (nSPS) is 15.4. The van der Waals surface area contributed by atoms with E-state index in [0.29, 0.717) is 13.1 Å². The molecule has 0 aromatic heterocycles.